The molecule has 0 aliphatic heterocycles. The van der Waals surface area contributed by atoms with Crippen molar-refractivity contribution in [2.75, 3.05) is 7.11 Å². The van der Waals surface area contributed by atoms with Crippen molar-refractivity contribution in [1.29, 1.82) is 0 Å². The molecule has 1 aromatic heterocycles. The van der Waals surface area contributed by atoms with Crippen molar-refractivity contribution in [3.8, 4) is 5.75 Å². The Morgan fingerprint density at radius 3 is 2.25 bits per heavy atom. The average molecular weight is 330 g/mol. The fraction of sp³-hybridized carbons (Fsp3) is 0.571. The molecule has 24 heavy (non-hydrogen) atoms. The van der Waals surface area contributed by atoms with Crippen molar-refractivity contribution < 1.29 is 9.15 Å². The van der Waals surface area contributed by atoms with E-state index < -0.39 is 0 Å². The quantitative estimate of drug-likeness (QED) is 0.382. The van der Waals surface area contributed by atoms with Crippen molar-refractivity contribution in [2.24, 2.45) is 0 Å². The molecule has 0 aliphatic rings. The number of aryl methyl sites for hydroxylation is 1. The third kappa shape index (κ3) is 5.70. The molecular weight excluding hydrogens is 300 g/mol. The molecule has 0 spiro atoms. The fourth-order valence-corrected chi connectivity index (χ4v) is 3.07. The number of hydrogen-bond acceptors (Lipinski definition) is 3. The molecule has 0 N–H and O–H groups in total. The number of methoxy groups -OCH3 is 1. The maximum Gasteiger partial charge on any atom is 0.339 e. The van der Waals surface area contributed by atoms with Crippen LogP contribution in [-0.4, -0.2) is 7.11 Å². The zero-order chi connectivity index (χ0) is 17.2. The Morgan fingerprint density at radius 1 is 0.917 bits per heavy atom. The minimum absolute atomic E-state index is 0.202. The highest BCUT2D eigenvalue weighted by atomic mass is 16.5. The van der Waals surface area contributed by atoms with Gasteiger partial charge in [0.15, 0.2) is 0 Å². The van der Waals surface area contributed by atoms with Gasteiger partial charge in [0.25, 0.3) is 0 Å². The van der Waals surface area contributed by atoms with Gasteiger partial charge in [-0.15, -0.1) is 0 Å². The van der Waals surface area contributed by atoms with Gasteiger partial charge in [-0.05, 0) is 37.1 Å². The number of rotatable bonds is 11. The number of ether oxygens (including phenoxy) is 1. The predicted molar refractivity (Wildman–Crippen MR) is 100.0 cm³/mol. The molecule has 0 unspecified atom stereocenters. The molecule has 0 atom stereocenters. The Bertz CT molecular complexity index is 672. The minimum Gasteiger partial charge on any atom is -0.497 e. The van der Waals surface area contributed by atoms with Crippen molar-refractivity contribution in [1.82, 2.24) is 0 Å². The third-order valence-corrected chi connectivity index (χ3v) is 4.56. The highest BCUT2D eigenvalue weighted by molar-refractivity contribution is 5.78. The van der Waals surface area contributed by atoms with Gasteiger partial charge in [-0.1, -0.05) is 58.3 Å². The zero-order valence-corrected chi connectivity index (χ0v) is 15.1. The average Bonchev–Trinajstić information content (AvgIpc) is 2.60. The van der Waals surface area contributed by atoms with Crippen LogP contribution in [-0.2, 0) is 6.42 Å². The summed E-state index contributed by atoms with van der Waals surface area (Å²) < 4.78 is 10.6. The number of fused-ring (bicyclic) bond motifs is 1. The lowest BCUT2D eigenvalue weighted by Crippen LogP contribution is -2.07. The molecule has 0 saturated heterocycles. The monoisotopic (exact) mass is 330 g/mol. The molecule has 1 heterocycles. The lowest BCUT2D eigenvalue weighted by atomic mass is 10.0. The number of hydrogen-bond donors (Lipinski definition) is 0. The van der Waals surface area contributed by atoms with E-state index in [2.05, 4.69) is 6.92 Å². The van der Waals surface area contributed by atoms with Gasteiger partial charge in [0.05, 0.1) is 7.11 Å². The second-order valence-corrected chi connectivity index (χ2v) is 6.54. The van der Waals surface area contributed by atoms with Crippen LogP contribution in [0.2, 0.25) is 0 Å². The van der Waals surface area contributed by atoms with Gasteiger partial charge in [0.1, 0.15) is 11.3 Å². The van der Waals surface area contributed by atoms with Crippen LogP contribution in [0.15, 0.2) is 33.5 Å². The third-order valence-electron chi connectivity index (χ3n) is 4.56. The smallest absolute Gasteiger partial charge is 0.339 e. The van der Waals surface area contributed by atoms with Crippen LogP contribution in [0.5, 0.6) is 5.75 Å². The highest BCUT2D eigenvalue weighted by Crippen LogP contribution is 2.21. The van der Waals surface area contributed by atoms with E-state index in [1.807, 2.05) is 18.2 Å². The van der Waals surface area contributed by atoms with Crippen LogP contribution < -0.4 is 10.4 Å². The van der Waals surface area contributed by atoms with E-state index in [1.54, 1.807) is 13.2 Å². The summed E-state index contributed by atoms with van der Waals surface area (Å²) >= 11 is 0. The number of benzene rings is 1. The summed E-state index contributed by atoms with van der Waals surface area (Å²) in [6.07, 6.45) is 12.4. The molecule has 0 aliphatic carbocycles. The van der Waals surface area contributed by atoms with Crippen molar-refractivity contribution >= 4 is 11.0 Å². The first-order valence-electron chi connectivity index (χ1n) is 9.35. The Kier molecular flexibility index (Phi) is 7.87. The van der Waals surface area contributed by atoms with E-state index in [4.69, 9.17) is 9.15 Å². The largest absolute Gasteiger partial charge is 0.497 e. The summed E-state index contributed by atoms with van der Waals surface area (Å²) in [7, 11) is 1.64. The van der Waals surface area contributed by atoms with Crippen LogP contribution in [0.4, 0.5) is 0 Å². The van der Waals surface area contributed by atoms with Gasteiger partial charge >= 0.3 is 5.63 Å². The molecule has 0 amide bonds. The van der Waals surface area contributed by atoms with Crippen LogP contribution in [0.1, 0.15) is 70.3 Å². The second-order valence-electron chi connectivity index (χ2n) is 6.54. The predicted octanol–water partition coefficient (Wildman–Crippen LogP) is 5.87. The molecule has 0 saturated carbocycles. The van der Waals surface area contributed by atoms with Gasteiger partial charge in [-0.2, -0.15) is 0 Å². The molecule has 2 aromatic rings. The first-order chi connectivity index (χ1) is 11.7. The van der Waals surface area contributed by atoms with Gasteiger partial charge in [0, 0.05) is 10.9 Å². The SMILES string of the molecule is CCCCCCCCCCCc1cc2cc(OC)ccc2oc1=O. The normalized spacial score (nSPS) is 11.1. The van der Waals surface area contributed by atoms with E-state index in [9.17, 15) is 4.79 Å². The summed E-state index contributed by atoms with van der Waals surface area (Å²) in [4.78, 5) is 12.1. The van der Waals surface area contributed by atoms with Gasteiger partial charge in [-0.3, -0.25) is 0 Å². The zero-order valence-electron chi connectivity index (χ0n) is 15.1. The maximum atomic E-state index is 12.1. The van der Waals surface area contributed by atoms with Gasteiger partial charge < -0.3 is 9.15 Å². The van der Waals surface area contributed by atoms with Crippen LogP contribution in [0.25, 0.3) is 11.0 Å². The molecule has 3 nitrogen and oxygen atoms in total. The van der Waals surface area contributed by atoms with E-state index in [0.29, 0.717) is 5.58 Å². The summed E-state index contributed by atoms with van der Waals surface area (Å²) in [5.41, 5.74) is 1.20. The van der Waals surface area contributed by atoms with Crippen molar-refractivity contribution in [3.63, 3.8) is 0 Å². The first-order valence-corrected chi connectivity index (χ1v) is 9.35. The first kappa shape index (κ1) is 18.6. The lowest BCUT2D eigenvalue weighted by Gasteiger charge is -2.05. The van der Waals surface area contributed by atoms with Gasteiger partial charge in [0.2, 0.25) is 0 Å². The van der Waals surface area contributed by atoms with E-state index in [1.165, 1.54) is 51.4 Å². The number of unbranched alkanes of at least 4 members (excludes halogenated alkanes) is 8. The molecule has 1 aromatic carbocycles. The molecule has 132 valence electrons. The second kappa shape index (κ2) is 10.2. The molecule has 0 radical (unpaired) electrons. The summed E-state index contributed by atoms with van der Waals surface area (Å²) in [5.74, 6) is 0.783. The summed E-state index contributed by atoms with van der Waals surface area (Å²) in [6.45, 7) is 2.25. The van der Waals surface area contributed by atoms with Crippen molar-refractivity contribution in [3.05, 3.63) is 40.2 Å². The van der Waals surface area contributed by atoms with E-state index in [-0.39, 0.29) is 5.63 Å². The molecule has 2 rings (SSSR count). The maximum absolute atomic E-state index is 12.1. The Morgan fingerprint density at radius 2 is 1.58 bits per heavy atom. The van der Waals surface area contributed by atoms with Crippen molar-refractivity contribution in [2.45, 2.75) is 71.1 Å². The lowest BCUT2D eigenvalue weighted by molar-refractivity contribution is 0.415. The fourth-order valence-electron chi connectivity index (χ4n) is 3.07. The van der Waals surface area contributed by atoms with Crippen LogP contribution in [0.3, 0.4) is 0 Å². The highest BCUT2D eigenvalue weighted by Gasteiger charge is 2.06. The van der Waals surface area contributed by atoms with Crippen LogP contribution >= 0.6 is 0 Å². The molecule has 0 bridgehead atoms. The Hall–Kier alpha value is -1.77. The molecule has 0 fully saturated rings. The molecular formula is C21H30O3. The Labute approximate surface area is 145 Å². The topological polar surface area (TPSA) is 39.4 Å². The Balaban J connectivity index is 1.78. The van der Waals surface area contributed by atoms with E-state index in [0.717, 1.165) is 29.5 Å². The van der Waals surface area contributed by atoms with Gasteiger partial charge in [-0.25, -0.2) is 4.79 Å². The van der Waals surface area contributed by atoms with Crippen LogP contribution in [0, 0.1) is 0 Å². The van der Waals surface area contributed by atoms with E-state index >= 15 is 0 Å². The minimum atomic E-state index is -0.202. The summed E-state index contributed by atoms with van der Waals surface area (Å²) in [6, 6.07) is 7.47. The summed E-state index contributed by atoms with van der Waals surface area (Å²) in [5, 5.41) is 0.930. The molecule has 3 heteroatoms. The standard InChI is InChI=1S/C21H30O3/c1-3-4-5-6-7-8-9-10-11-12-17-15-18-16-19(23-2)13-14-20(18)24-21(17)22/h13-16H,3-12H2,1-2H3.